The molecule has 0 aliphatic carbocycles. The van der Waals surface area contributed by atoms with E-state index in [-0.39, 0.29) is 15.7 Å². The van der Waals surface area contributed by atoms with Crippen LogP contribution in [0.4, 0.5) is 8.78 Å². The fourth-order valence-electron chi connectivity index (χ4n) is 1.01. The van der Waals surface area contributed by atoms with Crippen LogP contribution in [0.2, 0.25) is 0 Å². The summed E-state index contributed by atoms with van der Waals surface area (Å²) < 4.78 is 25.1. The molecule has 0 saturated carbocycles. The Morgan fingerprint density at radius 3 is 2.60 bits per heavy atom. The molecule has 0 aliphatic rings. The molecule has 0 amide bonds. The van der Waals surface area contributed by atoms with Gasteiger partial charge < -0.3 is 0 Å². The molecule has 76 valence electrons. The van der Waals surface area contributed by atoms with Crippen molar-refractivity contribution in [1.82, 2.24) is 4.98 Å². The van der Waals surface area contributed by atoms with Gasteiger partial charge in [-0.1, -0.05) is 0 Å². The molecule has 1 aromatic rings. The van der Waals surface area contributed by atoms with Crippen LogP contribution in [-0.2, 0) is 6.42 Å². The highest BCUT2D eigenvalue weighted by Gasteiger charge is 2.17. The lowest BCUT2D eigenvalue weighted by Crippen LogP contribution is -2.01. The number of hydrogen-bond acceptors (Lipinski definition) is 3. The van der Waals surface area contributed by atoms with Crippen LogP contribution in [0.5, 0.6) is 0 Å². The number of nitriles is 2. The number of hydrogen-bond donors (Lipinski definition) is 0. The van der Waals surface area contributed by atoms with E-state index in [2.05, 4.69) is 4.98 Å². The average molecular weight is 319 g/mol. The molecule has 0 unspecified atom stereocenters. The van der Waals surface area contributed by atoms with E-state index in [0.29, 0.717) is 5.56 Å². The lowest BCUT2D eigenvalue weighted by atomic mass is 10.1. The highest BCUT2D eigenvalue weighted by atomic mass is 127. The van der Waals surface area contributed by atoms with Crippen molar-refractivity contribution in [1.29, 1.82) is 10.5 Å². The zero-order chi connectivity index (χ0) is 11.4. The van der Waals surface area contributed by atoms with Gasteiger partial charge in [-0.25, -0.2) is 13.8 Å². The zero-order valence-corrected chi connectivity index (χ0v) is 9.49. The summed E-state index contributed by atoms with van der Waals surface area (Å²) in [7, 11) is 0. The van der Waals surface area contributed by atoms with Crippen molar-refractivity contribution in [2.24, 2.45) is 0 Å². The van der Waals surface area contributed by atoms with Gasteiger partial charge in [0, 0.05) is 9.13 Å². The molecule has 3 nitrogen and oxygen atoms in total. The van der Waals surface area contributed by atoms with E-state index in [1.165, 1.54) is 6.07 Å². The second kappa shape index (κ2) is 4.99. The Kier molecular flexibility index (Phi) is 3.92. The second-order valence-corrected chi connectivity index (χ2v) is 3.77. The summed E-state index contributed by atoms with van der Waals surface area (Å²) in [6.45, 7) is 0. The van der Waals surface area contributed by atoms with Crippen LogP contribution >= 0.6 is 22.6 Å². The molecule has 15 heavy (non-hydrogen) atoms. The average Bonchev–Trinajstić information content (AvgIpc) is 2.18. The van der Waals surface area contributed by atoms with Crippen LogP contribution < -0.4 is 0 Å². The predicted molar refractivity (Wildman–Crippen MR) is 55.9 cm³/mol. The first-order valence-electron chi connectivity index (χ1n) is 3.84. The fourth-order valence-corrected chi connectivity index (χ4v) is 1.74. The Hall–Kier alpha value is -1.28. The van der Waals surface area contributed by atoms with E-state index >= 15 is 0 Å². The van der Waals surface area contributed by atoms with Crippen molar-refractivity contribution in [3.63, 3.8) is 0 Å². The van der Waals surface area contributed by atoms with Crippen molar-refractivity contribution >= 4 is 22.6 Å². The Labute approximate surface area is 98.5 Å². The molecule has 0 spiro atoms. The Morgan fingerprint density at radius 2 is 2.13 bits per heavy atom. The van der Waals surface area contributed by atoms with Gasteiger partial charge in [0.2, 0.25) is 0 Å². The summed E-state index contributed by atoms with van der Waals surface area (Å²) in [5, 5.41) is 17.1. The largest absolute Gasteiger partial charge is 0.281 e. The van der Waals surface area contributed by atoms with Gasteiger partial charge in [-0.3, -0.25) is 0 Å². The van der Waals surface area contributed by atoms with Gasteiger partial charge in [0.05, 0.1) is 12.5 Å². The van der Waals surface area contributed by atoms with Gasteiger partial charge in [0.1, 0.15) is 17.5 Å². The van der Waals surface area contributed by atoms with Crippen molar-refractivity contribution in [3.8, 4) is 12.1 Å². The Balaban J connectivity index is 3.32. The number of halogens is 3. The molecule has 6 heteroatoms. The van der Waals surface area contributed by atoms with Gasteiger partial charge >= 0.3 is 0 Å². The summed E-state index contributed by atoms with van der Waals surface area (Å²) in [6.07, 6.45) is -2.71. The molecular formula is C9H4F2IN3. The molecule has 1 aromatic heterocycles. The molecule has 0 atom stereocenters. The first kappa shape index (κ1) is 11.8. The maximum absolute atomic E-state index is 12.4. The number of aromatic nitrogens is 1. The zero-order valence-electron chi connectivity index (χ0n) is 7.34. The quantitative estimate of drug-likeness (QED) is 0.787. The second-order valence-electron chi connectivity index (χ2n) is 2.61. The molecule has 0 aromatic carbocycles. The highest BCUT2D eigenvalue weighted by Crippen LogP contribution is 2.24. The van der Waals surface area contributed by atoms with Gasteiger partial charge in [-0.05, 0) is 28.7 Å². The number of pyridine rings is 1. The SMILES string of the molecule is N#CCc1cc(I)c(C(F)F)nc1C#N. The molecule has 1 heterocycles. The molecule has 0 fully saturated rings. The highest BCUT2D eigenvalue weighted by molar-refractivity contribution is 14.1. The van der Waals surface area contributed by atoms with Crippen LogP contribution in [0.25, 0.3) is 0 Å². The fraction of sp³-hybridized carbons (Fsp3) is 0.222. The van der Waals surface area contributed by atoms with Gasteiger partial charge in [-0.15, -0.1) is 0 Å². The molecule has 0 radical (unpaired) electrons. The topological polar surface area (TPSA) is 60.5 Å². The number of nitrogens with zero attached hydrogens (tertiary/aromatic N) is 3. The van der Waals surface area contributed by atoms with Crippen molar-refractivity contribution in [3.05, 3.63) is 26.6 Å². The molecular weight excluding hydrogens is 315 g/mol. The normalized spacial score (nSPS) is 9.73. The Bertz CT molecular complexity index is 460. The van der Waals surface area contributed by atoms with Crippen molar-refractivity contribution < 1.29 is 8.78 Å². The van der Waals surface area contributed by atoms with E-state index in [1.54, 1.807) is 28.7 Å². The minimum Gasteiger partial charge on any atom is -0.235 e. The first-order valence-corrected chi connectivity index (χ1v) is 4.92. The van der Waals surface area contributed by atoms with Crippen LogP contribution in [0.1, 0.15) is 23.4 Å². The molecule has 1 rings (SSSR count). The Morgan fingerprint density at radius 1 is 1.47 bits per heavy atom. The summed E-state index contributed by atoms with van der Waals surface area (Å²) in [4.78, 5) is 3.54. The smallest absolute Gasteiger partial charge is 0.235 e. The van der Waals surface area contributed by atoms with E-state index in [9.17, 15) is 8.78 Å². The number of alkyl halides is 2. The standard InChI is InChI=1S/C9H4F2IN3/c10-9(11)8-6(12)3-5(1-2-13)7(4-14)15-8/h3,9H,1H2. The third-order valence-electron chi connectivity index (χ3n) is 1.66. The maximum Gasteiger partial charge on any atom is 0.281 e. The van der Waals surface area contributed by atoms with E-state index < -0.39 is 12.1 Å². The van der Waals surface area contributed by atoms with Crippen LogP contribution in [0.15, 0.2) is 6.07 Å². The van der Waals surface area contributed by atoms with Crippen molar-refractivity contribution in [2.45, 2.75) is 12.8 Å². The summed E-state index contributed by atoms with van der Waals surface area (Å²) in [5.41, 5.74) is -0.130. The minimum absolute atomic E-state index is 0.00455. The van der Waals surface area contributed by atoms with E-state index in [0.717, 1.165) is 0 Å². The summed E-state index contributed by atoms with van der Waals surface area (Å²) in [6, 6.07) is 4.96. The van der Waals surface area contributed by atoms with Crippen LogP contribution in [0.3, 0.4) is 0 Å². The van der Waals surface area contributed by atoms with Crippen LogP contribution in [0, 0.1) is 26.2 Å². The third kappa shape index (κ3) is 2.60. The minimum atomic E-state index is -2.71. The lowest BCUT2D eigenvalue weighted by molar-refractivity contribution is 0.145. The van der Waals surface area contributed by atoms with Gasteiger partial charge in [0.15, 0.2) is 0 Å². The molecule has 0 bridgehead atoms. The van der Waals surface area contributed by atoms with Gasteiger partial charge in [0.25, 0.3) is 6.43 Å². The van der Waals surface area contributed by atoms with Gasteiger partial charge in [-0.2, -0.15) is 10.5 Å². The van der Waals surface area contributed by atoms with E-state index in [1.807, 2.05) is 6.07 Å². The third-order valence-corrected chi connectivity index (χ3v) is 2.53. The number of rotatable bonds is 2. The summed E-state index contributed by atoms with van der Waals surface area (Å²) in [5.74, 6) is 0. The predicted octanol–water partition coefficient (Wildman–Crippen LogP) is 2.56. The molecule has 0 saturated heterocycles. The van der Waals surface area contributed by atoms with Crippen molar-refractivity contribution in [2.75, 3.05) is 0 Å². The first-order chi connectivity index (χ1) is 7.10. The van der Waals surface area contributed by atoms with E-state index in [4.69, 9.17) is 10.5 Å². The lowest BCUT2D eigenvalue weighted by Gasteiger charge is -2.05. The molecule has 0 N–H and O–H groups in total. The summed E-state index contributed by atoms with van der Waals surface area (Å²) >= 11 is 1.71. The molecule has 0 aliphatic heterocycles. The monoisotopic (exact) mass is 319 g/mol. The maximum atomic E-state index is 12.4. The van der Waals surface area contributed by atoms with Crippen LogP contribution in [-0.4, -0.2) is 4.98 Å².